The number of halogens is 4. The van der Waals surface area contributed by atoms with Gasteiger partial charge in [-0.25, -0.2) is 13.1 Å². The van der Waals surface area contributed by atoms with E-state index in [0.717, 1.165) is 6.26 Å². The fraction of sp³-hybridized carbons (Fsp3) is 0.455. The van der Waals surface area contributed by atoms with Gasteiger partial charge in [0.05, 0.1) is 12.8 Å². The number of nitrogens with one attached hydrogen (secondary N) is 2. The van der Waals surface area contributed by atoms with Gasteiger partial charge in [-0.3, -0.25) is 14.3 Å². The van der Waals surface area contributed by atoms with Crippen LogP contribution in [0.1, 0.15) is 31.2 Å². The standard InChI is InChI=1S/C22H25ClF3N3O5S/c1-35(32,33)27-14-19(30)29-12-6-5-9-18(29)20(31)28-16-10-11-17(15-7-3-2-4-8-15)21(23,13-16)34-22(24,25)26/h2-4,7-8,10-11,18,27H,5-6,9,12-14H2,1H3,(H,28,31). The Morgan fingerprint density at radius 3 is 2.51 bits per heavy atom. The molecule has 2 amide bonds. The van der Waals surface area contributed by atoms with Crippen molar-refractivity contribution in [2.75, 3.05) is 19.3 Å². The number of nitrogens with zero attached hydrogens (tertiary/aromatic N) is 1. The van der Waals surface area contributed by atoms with Gasteiger partial charge in [0.25, 0.3) is 0 Å². The van der Waals surface area contributed by atoms with Crippen molar-refractivity contribution in [3.05, 3.63) is 53.7 Å². The summed E-state index contributed by atoms with van der Waals surface area (Å²) in [6.45, 7) is -0.255. The summed E-state index contributed by atoms with van der Waals surface area (Å²) in [7, 11) is -3.61. The van der Waals surface area contributed by atoms with E-state index in [1.54, 1.807) is 30.3 Å². The molecule has 1 aliphatic carbocycles. The van der Waals surface area contributed by atoms with Crippen LogP contribution in [0.2, 0.25) is 0 Å². The number of sulfonamides is 1. The number of piperidine rings is 1. The molecule has 0 aromatic heterocycles. The summed E-state index contributed by atoms with van der Waals surface area (Å²) in [4.78, 5) is 26.8. The van der Waals surface area contributed by atoms with E-state index in [0.29, 0.717) is 24.8 Å². The van der Waals surface area contributed by atoms with Crippen molar-refractivity contribution < 1.29 is 35.9 Å². The topological polar surface area (TPSA) is 105 Å². The van der Waals surface area contributed by atoms with Gasteiger partial charge >= 0.3 is 6.36 Å². The summed E-state index contributed by atoms with van der Waals surface area (Å²) < 4.78 is 68.7. The minimum atomic E-state index is -5.04. The molecule has 0 saturated carbocycles. The monoisotopic (exact) mass is 535 g/mol. The van der Waals surface area contributed by atoms with Crippen molar-refractivity contribution in [2.24, 2.45) is 0 Å². The number of amides is 2. The van der Waals surface area contributed by atoms with E-state index >= 15 is 0 Å². The first-order chi connectivity index (χ1) is 16.3. The summed E-state index contributed by atoms with van der Waals surface area (Å²) >= 11 is 6.36. The minimum absolute atomic E-state index is 0.0800. The zero-order chi connectivity index (χ0) is 25.9. The van der Waals surface area contributed by atoms with Crippen LogP contribution < -0.4 is 10.0 Å². The van der Waals surface area contributed by atoms with E-state index < -0.39 is 52.3 Å². The highest BCUT2D eigenvalue weighted by Gasteiger charge is 2.47. The van der Waals surface area contributed by atoms with Gasteiger partial charge < -0.3 is 10.2 Å². The molecule has 1 heterocycles. The van der Waals surface area contributed by atoms with Crippen LogP contribution in [0.25, 0.3) is 5.57 Å². The number of alkyl halides is 4. The molecule has 2 N–H and O–H groups in total. The predicted octanol–water partition coefficient (Wildman–Crippen LogP) is 2.88. The number of carbonyl (C=O) groups is 2. The van der Waals surface area contributed by atoms with Crippen molar-refractivity contribution in [2.45, 2.75) is 43.1 Å². The van der Waals surface area contributed by atoms with Gasteiger partial charge in [0, 0.05) is 24.2 Å². The lowest BCUT2D eigenvalue weighted by atomic mass is 9.92. The number of benzene rings is 1. The zero-order valence-electron chi connectivity index (χ0n) is 18.8. The van der Waals surface area contributed by atoms with Crippen LogP contribution >= 0.6 is 11.6 Å². The van der Waals surface area contributed by atoms with E-state index in [9.17, 15) is 31.2 Å². The van der Waals surface area contributed by atoms with E-state index in [4.69, 9.17) is 11.6 Å². The summed E-state index contributed by atoms with van der Waals surface area (Å²) in [5.41, 5.74) is 0.591. The lowest BCUT2D eigenvalue weighted by Gasteiger charge is -2.37. The molecule has 13 heteroatoms. The molecule has 2 atom stereocenters. The van der Waals surface area contributed by atoms with Gasteiger partial charge in [0.15, 0.2) is 5.06 Å². The second-order valence-electron chi connectivity index (χ2n) is 8.27. The Morgan fingerprint density at radius 2 is 1.89 bits per heavy atom. The molecule has 1 aliphatic heterocycles. The molecule has 1 aromatic rings. The molecule has 0 spiro atoms. The molecule has 1 fully saturated rings. The smallest absolute Gasteiger partial charge is 0.330 e. The molecule has 0 radical (unpaired) electrons. The van der Waals surface area contributed by atoms with Crippen LogP contribution in [-0.4, -0.2) is 61.9 Å². The summed E-state index contributed by atoms with van der Waals surface area (Å²) in [6.07, 6.45) is -0.222. The van der Waals surface area contributed by atoms with Crippen LogP contribution in [-0.2, 0) is 24.3 Å². The Kier molecular flexibility index (Phi) is 8.30. The Morgan fingerprint density at radius 1 is 1.20 bits per heavy atom. The molecule has 35 heavy (non-hydrogen) atoms. The Bertz CT molecular complexity index is 1120. The molecule has 8 nitrogen and oxygen atoms in total. The van der Waals surface area contributed by atoms with E-state index in [-0.39, 0.29) is 17.8 Å². The highest BCUT2D eigenvalue weighted by Crippen LogP contribution is 2.45. The second-order valence-corrected chi connectivity index (χ2v) is 10.7. The third-order valence-corrected chi connectivity index (χ3v) is 6.61. The van der Waals surface area contributed by atoms with Crippen LogP contribution in [0.5, 0.6) is 0 Å². The number of rotatable bonds is 7. The Hall–Kier alpha value is -2.41. The Labute approximate surface area is 206 Å². The van der Waals surface area contributed by atoms with E-state index in [1.165, 1.54) is 17.1 Å². The fourth-order valence-electron chi connectivity index (χ4n) is 4.04. The second kappa shape index (κ2) is 10.7. The first kappa shape index (κ1) is 27.2. The van der Waals surface area contributed by atoms with Crippen molar-refractivity contribution in [3.63, 3.8) is 0 Å². The molecule has 0 bridgehead atoms. The molecule has 1 saturated heterocycles. The lowest BCUT2D eigenvalue weighted by Crippen LogP contribution is -2.54. The van der Waals surface area contributed by atoms with Gasteiger partial charge in [0.1, 0.15) is 6.04 Å². The first-order valence-electron chi connectivity index (χ1n) is 10.7. The lowest BCUT2D eigenvalue weighted by molar-refractivity contribution is -0.342. The highest BCUT2D eigenvalue weighted by molar-refractivity contribution is 7.88. The SMILES string of the molecule is CS(=O)(=O)NCC(=O)N1CCCCC1C(=O)NC1=CC=C(c2ccccc2)C(Cl)(OC(F)(F)F)C1. The summed E-state index contributed by atoms with van der Waals surface area (Å²) in [5.74, 6) is -1.18. The van der Waals surface area contributed by atoms with E-state index in [2.05, 4.69) is 14.8 Å². The largest absolute Gasteiger partial charge is 0.524 e. The number of hydrogen-bond acceptors (Lipinski definition) is 5. The fourth-order valence-corrected chi connectivity index (χ4v) is 4.83. The average Bonchev–Trinajstić information content (AvgIpc) is 2.76. The van der Waals surface area contributed by atoms with Crippen molar-refractivity contribution in [3.8, 4) is 0 Å². The van der Waals surface area contributed by atoms with Gasteiger partial charge in [-0.1, -0.05) is 48.0 Å². The van der Waals surface area contributed by atoms with Crippen LogP contribution in [0.15, 0.2) is 48.2 Å². The minimum Gasteiger partial charge on any atom is -0.330 e. The van der Waals surface area contributed by atoms with E-state index in [1.807, 2.05) is 0 Å². The van der Waals surface area contributed by atoms with Crippen molar-refractivity contribution in [1.29, 1.82) is 0 Å². The maximum absolute atomic E-state index is 13.2. The normalized spacial score (nSPS) is 23.3. The molecule has 3 rings (SSSR count). The Balaban J connectivity index is 1.80. The van der Waals surface area contributed by atoms with Gasteiger partial charge in [-0.2, -0.15) is 0 Å². The maximum atomic E-state index is 13.2. The van der Waals surface area contributed by atoms with Crippen molar-refractivity contribution >= 4 is 39.0 Å². The molecular weight excluding hydrogens is 511 g/mol. The van der Waals surface area contributed by atoms with Gasteiger partial charge in [0.2, 0.25) is 21.8 Å². The molecule has 192 valence electrons. The summed E-state index contributed by atoms with van der Waals surface area (Å²) in [6, 6.07) is 7.28. The number of carbonyl (C=O) groups excluding carboxylic acids is 2. The van der Waals surface area contributed by atoms with Gasteiger partial charge in [-0.05, 0) is 30.9 Å². The summed E-state index contributed by atoms with van der Waals surface area (Å²) in [5, 5.41) is 0.251. The first-order valence-corrected chi connectivity index (χ1v) is 13.0. The third kappa shape index (κ3) is 7.53. The van der Waals surface area contributed by atoms with Crippen LogP contribution in [0, 0.1) is 0 Å². The predicted molar refractivity (Wildman–Crippen MR) is 123 cm³/mol. The quantitative estimate of drug-likeness (QED) is 0.522. The average molecular weight is 536 g/mol. The highest BCUT2D eigenvalue weighted by atomic mass is 35.5. The third-order valence-electron chi connectivity index (χ3n) is 5.53. The zero-order valence-corrected chi connectivity index (χ0v) is 20.3. The number of allylic oxidation sites excluding steroid dienone is 2. The molecule has 2 aliphatic rings. The number of likely N-dealkylation sites (tertiary alicyclic amines) is 1. The van der Waals surface area contributed by atoms with Crippen molar-refractivity contribution in [1.82, 2.24) is 14.9 Å². The van der Waals surface area contributed by atoms with Crippen LogP contribution in [0.3, 0.4) is 0 Å². The molecule has 1 aromatic carbocycles. The number of hydrogen-bond donors (Lipinski definition) is 2. The maximum Gasteiger partial charge on any atom is 0.524 e. The molecule has 2 unspecified atom stereocenters. The number of ether oxygens (including phenoxy) is 1. The van der Waals surface area contributed by atoms with Crippen LogP contribution in [0.4, 0.5) is 13.2 Å². The van der Waals surface area contributed by atoms with Gasteiger partial charge in [-0.15, -0.1) is 13.2 Å². The molecular formula is C22H25ClF3N3O5S.